The van der Waals surface area contributed by atoms with Gasteiger partial charge in [-0.3, -0.25) is 0 Å². The summed E-state index contributed by atoms with van der Waals surface area (Å²) in [5.74, 6) is 0.957. The predicted molar refractivity (Wildman–Crippen MR) is 91.8 cm³/mol. The van der Waals surface area contributed by atoms with Gasteiger partial charge in [-0.25, -0.2) is 0 Å². The van der Waals surface area contributed by atoms with E-state index in [0.29, 0.717) is 0 Å². The van der Waals surface area contributed by atoms with Crippen molar-refractivity contribution in [1.82, 2.24) is 0 Å². The minimum Gasteiger partial charge on any atom is -0.455 e. The van der Waals surface area contributed by atoms with Crippen LogP contribution in [0.5, 0.6) is 0 Å². The molecule has 1 heterocycles. The van der Waals surface area contributed by atoms with Crippen LogP contribution < -0.4 is 0 Å². The lowest BCUT2D eigenvalue weighted by Gasteiger charge is -2.02. The molecule has 0 aliphatic heterocycles. The first kappa shape index (κ1) is 12.9. The van der Waals surface area contributed by atoms with Crippen LogP contribution in [0.3, 0.4) is 0 Å². The lowest BCUT2D eigenvalue weighted by atomic mass is 10.0. The van der Waals surface area contributed by atoms with Crippen LogP contribution in [0.25, 0.3) is 33.4 Å². The van der Waals surface area contributed by atoms with Crippen molar-refractivity contribution in [2.24, 2.45) is 0 Å². The number of rotatable bonds is 2. The van der Waals surface area contributed by atoms with Gasteiger partial charge in [-0.15, -0.1) is 0 Å². The van der Waals surface area contributed by atoms with Crippen molar-refractivity contribution in [2.45, 2.75) is 6.92 Å². The van der Waals surface area contributed by atoms with Gasteiger partial charge in [0.2, 0.25) is 0 Å². The molecule has 0 radical (unpaired) electrons. The summed E-state index contributed by atoms with van der Waals surface area (Å²) in [5.41, 5.74) is 5.60. The molecule has 4 aromatic rings. The first-order valence-electron chi connectivity index (χ1n) is 7.47. The van der Waals surface area contributed by atoms with Crippen molar-refractivity contribution in [3.8, 4) is 22.5 Å². The second kappa shape index (κ2) is 5.19. The maximum atomic E-state index is 6.27. The molecule has 0 fully saturated rings. The molecule has 0 N–H and O–H groups in total. The molecule has 0 atom stereocenters. The lowest BCUT2D eigenvalue weighted by molar-refractivity contribution is 0.630. The highest BCUT2D eigenvalue weighted by Gasteiger charge is 2.15. The average Bonchev–Trinajstić information content (AvgIpc) is 2.94. The van der Waals surface area contributed by atoms with Crippen LogP contribution in [-0.2, 0) is 0 Å². The summed E-state index contributed by atoms with van der Waals surface area (Å²) >= 11 is 0. The SMILES string of the molecule is Cc1c(-c2ccccc2)oc2c(-c3ccccc3)cccc12. The van der Waals surface area contributed by atoms with Gasteiger partial charge in [0.05, 0.1) is 0 Å². The van der Waals surface area contributed by atoms with Crippen molar-refractivity contribution < 1.29 is 4.42 Å². The summed E-state index contributed by atoms with van der Waals surface area (Å²) in [6.45, 7) is 2.13. The van der Waals surface area contributed by atoms with Crippen LogP contribution in [0, 0.1) is 6.92 Å². The fourth-order valence-corrected chi connectivity index (χ4v) is 2.95. The van der Waals surface area contributed by atoms with E-state index in [-0.39, 0.29) is 0 Å². The predicted octanol–water partition coefficient (Wildman–Crippen LogP) is 6.08. The first-order valence-corrected chi connectivity index (χ1v) is 7.47. The van der Waals surface area contributed by atoms with E-state index in [1.165, 1.54) is 16.5 Å². The van der Waals surface area contributed by atoms with E-state index >= 15 is 0 Å². The zero-order valence-corrected chi connectivity index (χ0v) is 12.4. The van der Waals surface area contributed by atoms with Gasteiger partial charge in [0.15, 0.2) is 0 Å². The van der Waals surface area contributed by atoms with E-state index in [1.54, 1.807) is 0 Å². The van der Waals surface area contributed by atoms with Crippen LogP contribution >= 0.6 is 0 Å². The molecule has 0 saturated heterocycles. The summed E-state index contributed by atoms with van der Waals surface area (Å²) in [6.07, 6.45) is 0. The molecule has 1 heteroatoms. The van der Waals surface area contributed by atoms with Crippen LogP contribution in [0.2, 0.25) is 0 Å². The molecule has 0 unspecified atom stereocenters. The smallest absolute Gasteiger partial charge is 0.142 e. The number of furan rings is 1. The Balaban J connectivity index is 1.99. The normalized spacial score (nSPS) is 11.0. The molecule has 1 aromatic heterocycles. The van der Waals surface area contributed by atoms with E-state index in [2.05, 4.69) is 61.5 Å². The zero-order valence-electron chi connectivity index (χ0n) is 12.4. The molecule has 0 aliphatic rings. The quantitative estimate of drug-likeness (QED) is 0.435. The Morgan fingerprint density at radius 3 is 1.95 bits per heavy atom. The maximum Gasteiger partial charge on any atom is 0.142 e. The molecule has 0 spiro atoms. The highest BCUT2D eigenvalue weighted by molar-refractivity contribution is 5.97. The second-order valence-corrected chi connectivity index (χ2v) is 5.47. The summed E-state index contributed by atoms with van der Waals surface area (Å²) in [4.78, 5) is 0. The fraction of sp³-hybridized carbons (Fsp3) is 0.0476. The third kappa shape index (κ3) is 2.03. The Morgan fingerprint density at radius 2 is 1.27 bits per heavy atom. The van der Waals surface area contributed by atoms with Gasteiger partial charge < -0.3 is 4.42 Å². The van der Waals surface area contributed by atoms with Crippen molar-refractivity contribution in [3.05, 3.63) is 84.4 Å². The molecule has 0 saturated carbocycles. The molecule has 3 aromatic carbocycles. The number of para-hydroxylation sites is 1. The molecule has 0 amide bonds. The Labute approximate surface area is 129 Å². The molecular weight excluding hydrogens is 268 g/mol. The molecule has 4 rings (SSSR count). The summed E-state index contributed by atoms with van der Waals surface area (Å²) in [6, 6.07) is 27.0. The molecule has 22 heavy (non-hydrogen) atoms. The van der Waals surface area contributed by atoms with Crippen LogP contribution in [0.4, 0.5) is 0 Å². The molecule has 0 aliphatic carbocycles. The number of aryl methyl sites for hydroxylation is 1. The van der Waals surface area contributed by atoms with E-state index in [1.807, 2.05) is 24.3 Å². The molecule has 1 nitrogen and oxygen atoms in total. The van der Waals surface area contributed by atoms with E-state index in [9.17, 15) is 0 Å². The van der Waals surface area contributed by atoms with E-state index in [0.717, 1.165) is 22.5 Å². The van der Waals surface area contributed by atoms with Crippen molar-refractivity contribution in [1.29, 1.82) is 0 Å². The molecule has 0 bridgehead atoms. The van der Waals surface area contributed by atoms with Gasteiger partial charge in [0.1, 0.15) is 11.3 Å². The minimum absolute atomic E-state index is 0.957. The maximum absolute atomic E-state index is 6.27. The topological polar surface area (TPSA) is 13.1 Å². The third-order valence-corrected chi connectivity index (χ3v) is 4.08. The lowest BCUT2D eigenvalue weighted by Crippen LogP contribution is -1.78. The summed E-state index contributed by atoms with van der Waals surface area (Å²) < 4.78 is 6.27. The third-order valence-electron chi connectivity index (χ3n) is 4.08. The second-order valence-electron chi connectivity index (χ2n) is 5.47. The van der Waals surface area contributed by atoms with Crippen molar-refractivity contribution >= 4 is 11.0 Å². The Kier molecular flexibility index (Phi) is 3.05. The highest BCUT2D eigenvalue weighted by Crippen LogP contribution is 2.37. The van der Waals surface area contributed by atoms with Gasteiger partial charge in [0.25, 0.3) is 0 Å². The van der Waals surface area contributed by atoms with E-state index < -0.39 is 0 Å². The number of hydrogen-bond acceptors (Lipinski definition) is 1. The van der Waals surface area contributed by atoms with Gasteiger partial charge in [-0.05, 0) is 12.5 Å². The van der Waals surface area contributed by atoms with Crippen LogP contribution in [0.1, 0.15) is 5.56 Å². The zero-order chi connectivity index (χ0) is 14.9. The van der Waals surface area contributed by atoms with Crippen LogP contribution in [-0.4, -0.2) is 0 Å². The Morgan fingerprint density at radius 1 is 0.636 bits per heavy atom. The minimum atomic E-state index is 0.957. The fourth-order valence-electron chi connectivity index (χ4n) is 2.95. The highest BCUT2D eigenvalue weighted by atomic mass is 16.3. The number of fused-ring (bicyclic) bond motifs is 1. The van der Waals surface area contributed by atoms with Gasteiger partial charge in [-0.2, -0.15) is 0 Å². The van der Waals surface area contributed by atoms with Crippen LogP contribution in [0.15, 0.2) is 83.3 Å². The number of benzene rings is 3. The van der Waals surface area contributed by atoms with Gasteiger partial charge in [0, 0.05) is 22.1 Å². The van der Waals surface area contributed by atoms with Crippen molar-refractivity contribution in [3.63, 3.8) is 0 Å². The Hall–Kier alpha value is -2.80. The summed E-state index contributed by atoms with van der Waals surface area (Å²) in [5, 5.41) is 1.18. The van der Waals surface area contributed by atoms with Gasteiger partial charge >= 0.3 is 0 Å². The largest absolute Gasteiger partial charge is 0.455 e. The monoisotopic (exact) mass is 284 g/mol. The molecular formula is C21H16O. The standard InChI is InChI=1S/C21H16O/c1-15-18-13-8-14-19(16-9-4-2-5-10-16)21(18)22-20(15)17-11-6-3-7-12-17/h2-14H,1H3. The van der Waals surface area contributed by atoms with Crippen molar-refractivity contribution in [2.75, 3.05) is 0 Å². The first-order chi connectivity index (χ1) is 10.8. The summed E-state index contributed by atoms with van der Waals surface area (Å²) in [7, 11) is 0. The molecule has 106 valence electrons. The number of hydrogen-bond donors (Lipinski definition) is 0. The van der Waals surface area contributed by atoms with Gasteiger partial charge in [-0.1, -0.05) is 78.9 Å². The average molecular weight is 284 g/mol. The van der Waals surface area contributed by atoms with E-state index in [4.69, 9.17) is 4.42 Å². The Bertz CT molecular complexity index is 918.